The van der Waals surface area contributed by atoms with E-state index in [2.05, 4.69) is 32.2 Å². The summed E-state index contributed by atoms with van der Waals surface area (Å²) >= 11 is 0. The number of amides is 1. The average molecular weight is 292 g/mol. The van der Waals surface area contributed by atoms with E-state index in [4.69, 9.17) is 10.5 Å². The highest BCUT2D eigenvalue weighted by Crippen LogP contribution is 2.18. The number of benzene rings is 1. The van der Waals surface area contributed by atoms with Crippen LogP contribution in [0.5, 0.6) is 5.75 Å². The normalized spacial score (nSPS) is 13.7. The molecule has 1 aromatic carbocycles. The summed E-state index contributed by atoms with van der Waals surface area (Å²) in [5.74, 6) is 0.572. The van der Waals surface area contributed by atoms with Crippen molar-refractivity contribution in [2.75, 3.05) is 13.2 Å². The van der Waals surface area contributed by atoms with Crippen molar-refractivity contribution in [2.24, 2.45) is 5.73 Å². The molecule has 1 atom stereocenters. The van der Waals surface area contributed by atoms with Crippen molar-refractivity contribution in [3.63, 3.8) is 0 Å². The molecule has 0 aromatic heterocycles. The van der Waals surface area contributed by atoms with Gasteiger partial charge in [-0.25, -0.2) is 0 Å². The molecule has 1 rings (SSSR count). The second kappa shape index (κ2) is 8.03. The maximum Gasteiger partial charge on any atom is 0.237 e. The molecule has 21 heavy (non-hydrogen) atoms. The molecule has 0 fully saturated rings. The lowest BCUT2D eigenvalue weighted by atomic mass is 9.95. The second-order valence-corrected chi connectivity index (χ2v) is 5.82. The Morgan fingerprint density at radius 1 is 1.33 bits per heavy atom. The van der Waals surface area contributed by atoms with Gasteiger partial charge in [-0.05, 0) is 69.8 Å². The van der Waals surface area contributed by atoms with E-state index in [9.17, 15) is 4.79 Å². The summed E-state index contributed by atoms with van der Waals surface area (Å²) in [5.41, 5.74) is 7.33. The zero-order chi connectivity index (χ0) is 15.9. The van der Waals surface area contributed by atoms with Crippen molar-refractivity contribution < 1.29 is 9.53 Å². The highest BCUT2D eigenvalue weighted by molar-refractivity contribution is 5.84. The Balaban J connectivity index is 2.43. The maximum atomic E-state index is 11.6. The van der Waals surface area contributed by atoms with Gasteiger partial charge in [-0.3, -0.25) is 4.79 Å². The number of carbonyl (C=O) groups is 1. The first-order chi connectivity index (χ1) is 9.89. The van der Waals surface area contributed by atoms with Crippen LogP contribution in [0, 0.1) is 13.8 Å². The quantitative estimate of drug-likeness (QED) is 0.688. The van der Waals surface area contributed by atoms with Crippen molar-refractivity contribution in [1.29, 1.82) is 0 Å². The van der Waals surface area contributed by atoms with Gasteiger partial charge < -0.3 is 15.8 Å². The molecular weight excluding hydrogens is 264 g/mol. The second-order valence-electron chi connectivity index (χ2n) is 5.82. The van der Waals surface area contributed by atoms with E-state index in [0.717, 1.165) is 25.1 Å². The van der Waals surface area contributed by atoms with Gasteiger partial charge in [-0.1, -0.05) is 13.0 Å². The van der Waals surface area contributed by atoms with E-state index in [0.29, 0.717) is 13.0 Å². The average Bonchev–Trinajstić information content (AvgIpc) is 2.45. The SMILES string of the molecule is CCCNC(C)(CCCOc1ccc(C)c(C)c1)C(N)=O. The monoisotopic (exact) mass is 292 g/mol. The molecule has 1 unspecified atom stereocenters. The smallest absolute Gasteiger partial charge is 0.237 e. The maximum absolute atomic E-state index is 11.6. The molecule has 3 N–H and O–H groups in total. The summed E-state index contributed by atoms with van der Waals surface area (Å²) in [5, 5.41) is 3.23. The molecule has 118 valence electrons. The van der Waals surface area contributed by atoms with Crippen LogP contribution in [-0.4, -0.2) is 24.6 Å². The number of nitrogens with two attached hydrogens (primary N) is 1. The van der Waals surface area contributed by atoms with Crippen LogP contribution >= 0.6 is 0 Å². The van der Waals surface area contributed by atoms with Crippen LogP contribution in [0.15, 0.2) is 18.2 Å². The highest BCUT2D eigenvalue weighted by Gasteiger charge is 2.29. The topological polar surface area (TPSA) is 64.3 Å². The molecule has 0 aliphatic carbocycles. The standard InChI is InChI=1S/C17H28N2O2/c1-5-10-19-17(4,16(18)20)9-6-11-21-15-8-7-13(2)14(3)12-15/h7-8,12,19H,5-6,9-11H2,1-4H3,(H2,18,20). The molecule has 0 heterocycles. The molecule has 1 amide bonds. The lowest BCUT2D eigenvalue weighted by Gasteiger charge is -2.27. The van der Waals surface area contributed by atoms with Gasteiger partial charge in [0.05, 0.1) is 12.1 Å². The van der Waals surface area contributed by atoms with E-state index in [1.54, 1.807) is 0 Å². The van der Waals surface area contributed by atoms with Crippen LogP contribution < -0.4 is 15.8 Å². The summed E-state index contributed by atoms with van der Waals surface area (Å²) < 4.78 is 5.74. The largest absolute Gasteiger partial charge is 0.494 e. The van der Waals surface area contributed by atoms with E-state index < -0.39 is 5.54 Å². The van der Waals surface area contributed by atoms with Crippen molar-refractivity contribution in [3.8, 4) is 5.75 Å². The molecule has 0 bridgehead atoms. The van der Waals surface area contributed by atoms with Crippen molar-refractivity contribution in [3.05, 3.63) is 29.3 Å². The summed E-state index contributed by atoms with van der Waals surface area (Å²) in [7, 11) is 0. The third-order valence-electron chi connectivity index (χ3n) is 3.88. The number of aryl methyl sites for hydroxylation is 2. The third-order valence-corrected chi connectivity index (χ3v) is 3.88. The fourth-order valence-corrected chi connectivity index (χ4v) is 2.12. The Labute approximate surface area is 128 Å². The molecule has 4 heteroatoms. The number of rotatable bonds is 9. The molecule has 1 aromatic rings. The van der Waals surface area contributed by atoms with Crippen molar-refractivity contribution in [2.45, 2.75) is 52.5 Å². The predicted molar refractivity (Wildman–Crippen MR) is 86.5 cm³/mol. The zero-order valence-electron chi connectivity index (χ0n) is 13.7. The number of ether oxygens (including phenoxy) is 1. The number of carbonyl (C=O) groups excluding carboxylic acids is 1. The van der Waals surface area contributed by atoms with Crippen molar-refractivity contribution in [1.82, 2.24) is 5.32 Å². The Morgan fingerprint density at radius 2 is 2.05 bits per heavy atom. The van der Waals surface area contributed by atoms with Crippen molar-refractivity contribution >= 4 is 5.91 Å². The third kappa shape index (κ3) is 5.38. The number of nitrogens with one attached hydrogen (secondary N) is 1. The molecule has 0 spiro atoms. The predicted octanol–water partition coefficient (Wildman–Crippen LogP) is 2.71. The van der Waals surface area contributed by atoms with Gasteiger partial charge in [0.2, 0.25) is 5.91 Å². The van der Waals surface area contributed by atoms with Crippen LogP contribution in [-0.2, 0) is 4.79 Å². The van der Waals surface area contributed by atoms with Crippen LogP contribution in [0.3, 0.4) is 0 Å². The first-order valence-corrected chi connectivity index (χ1v) is 7.64. The Kier molecular flexibility index (Phi) is 6.69. The molecule has 0 saturated carbocycles. The summed E-state index contributed by atoms with van der Waals surface area (Å²) in [4.78, 5) is 11.6. The Hall–Kier alpha value is -1.55. The zero-order valence-corrected chi connectivity index (χ0v) is 13.7. The molecule has 0 aliphatic heterocycles. The summed E-state index contributed by atoms with van der Waals surface area (Å²) in [6.45, 7) is 9.45. The Bertz CT molecular complexity index is 474. The van der Waals surface area contributed by atoms with Gasteiger partial charge in [0, 0.05) is 0 Å². The van der Waals surface area contributed by atoms with E-state index in [1.807, 2.05) is 19.1 Å². The number of hydrogen-bond acceptors (Lipinski definition) is 3. The Morgan fingerprint density at radius 3 is 2.62 bits per heavy atom. The van der Waals surface area contributed by atoms with Gasteiger partial charge in [-0.2, -0.15) is 0 Å². The molecule has 0 radical (unpaired) electrons. The molecule has 0 aliphatic rings. The molecule has 4 nitrogen and oxygen atoms in total. The van der Waals surface area contributed by atoms with E-state index in [-0.39, 0.29) is 5.91 Å². The van der Waals surface area contributed by atoms with Crippen LogP contribution in [0.25, 0.3) is 0 Å². The van der Waals surface area contributed by atoms with Gasteiger partial charge in [-0.15, -0.1) is 0 Å². The van der Waals surface area contributed by atoms with E-state index >= 15 is 0 Å². The van der Waals surface area contributed by atoms with Gasteiger partial charge >= 0.3 is 0 Å². The van der Waals surface area contributed by atoms with Crippen LogP contribution in [0.4, 0.5) is 0 Å². The highest BCUT2D eigenvalue weighted by atomic mass is 16.5. The number of primary amides is 1. The minimum atomic E-state index is -0.650. The molecular formula is C17H28N2O2. The van der Waals surface area contributed by atoms with E-state index in [1.165, 1.54) is 11.1 Å². The minimum Gasteiger partial charge on any atom is -0.494 e. The lowest BCUT2D eigenvalue weighted by molar-refractivity contribution is -0.124. The van der Waals surface area contributed by atoms with Gasteiger partial charge in [0.25, 0.3) is 0 Å². The number of hydrogen-bond donors (Lipinski definition) is 2. The van der Waals surface area contributed by atoms with Gasteiger partial charge in [0.1, 0.15) is 5.75 Å². The fourth-order valence-electron chi connectivity index (χ4n) is 2.12. The lowest BCUT2D eigenvalue weighted by Crippen LogP contribution is -2.53. The first-order valence-electron chi connectivity index (χ1n) is 7.64. The summed E-state index contributed by atoms with van der Waals surface area (Å²) in [6.07, 6.45) is 2.43. The minimum absolute atomic E-state index is 0.304. The molecule has 0 saturated heterocycles. The summed E-state index contributed by atoms with van der Waals surface area (Å²) in [6, 6.07) is 6.07. The van der Waals surface area contributed by atoms with Crippen LogP contribution in [0.2, 0.25) is 0 Å². The van der Waals surface area contributed by atoms with Crippen LogP contribution in [0.1, 0.15) is 44.2 Å². The fraction of sp³-hybridized carbons (Fsp3) is 0.588. The van der Waals surface area contributed by atoms with Gasteiger partial charge in [0.15, 0.2) is 0 Å². The first kappa shape index (κ1) is 17.5.